The monoisotopic (exact) mass is 383 g/mol. The lowest BCUT2D eigenvalue weighted by atomic mass is 10.1. The van der Waals surface area contributed by atoms with Crippen molar-refractivity contribution in [1.29, 1.82) is 0 Å². The molecule has 2 N–H and O–H groups in total. The van der Waals surface area contributed by atoms with E-state index >= 15 is 0 Å². The molecule has 0 bridgehead atoms. The van der Waals surface area contributed by atoms with Gasteiger partial charge in [-0.25, -0.2) is 4.98 Å². The van der Waals surface area contributed by atoms with Gasteiger partial charge >= 0.3 is 5.97 Å². The van der Waals surface area contributed by atoms with Gasteiger partial charge < -0.3 is 10.4 Å². The van der Waals surface area contributed by atoms with Crippen molar-refractivity contribution < 1.29 is 9.90 Å². The molecule has 2 aromatic carbocycles. The van der Waals surface area contributed by atoms with Crippen molar-refractivity contribution in [1.82, 2.24) is 9.55 Å². The molecule has 0 unspecified atom stereocenters. The standard InChI is InChI=1S/C20H18ClN3O3/c21-16-8-6-15(7-9-16)17-12-23-19(20(27)24(17)13-18(25)26)22-11-10-14-4-2-1-3-5-14/h1-9,12H,10-11,13H2,(H,22,23)(H,25,26). The van der Waals surface area contributed by atoms with E-state index in [2.05, 4.69) is 10.3 Å². The highest BCUT2D eigenvalue weighted by Gasteiger charge is 2.14. The number of nitrogens with zero attached hydrogens (tertiary/aromatic N) is 2. The van der Waals surface area contributed by atoms with Crippen molar-refractivity contribution in [3.63, 3.8) is 0 Å². The van der Waals surface area contributed by atoms with E-state index in [4.69, 9.17) is 11.6 Å². The van der Waals surface area contributed by atoms with Gasteiger partial charge in [-0.3, -0.25) is 14.2 Å². The highest BCUT2D eigenvalue weighted by atomic mass is 35.5. The normalized spacial score (nSPS) is 10.6. The van der Waals surface area contributed by atoms with E-state index in [-0.39, 0.29) is 5.82 Å². The topological polar surface area (TPSA) is 84.2 Å². The number of carboxylic acids is 1. The maximum atomic E-state index is 12.8. The van der Waals surface area contributed by atoms with Crippen molar-refractivity contribution in [3.8, 4) is 11.3 Å². The third-order valence-electron chi connectivity index (χ3n) is 4.04. The number of halogens is 1. The van der Waals surface area contributed by atoms with Crippen molar-refractivity contribution in [2.24, 2.45) is 0 Å². The predicted octanol–water partition coefficient (Wildman–Crippen LogP) is 3.30. The highest BCUT2D eigenvalue weighted by molar-refractivity contribution is 6.30. The van der Waals surface area contributed by atoms with Crippen LogP contribution in [0, 0.1) is 0 Å². The zero-order chi connectivity index (χ0) is 19.2. The molecule has 7 heteroatoms. The van der Waals surface area contributed by atoms with Gasteiger partial charge in [-0.1, -0.05) is 54.1 Å². The SMILES string of the molecule is O=C(O)Cn1c(-c2ccc(Cl)cc2)cnc(NCCc2ccccc2)c1=O. The van der Waals surface area contributed by atoms with E-state index in [0.717, 1.165) is 12.0 Å². The maximum absolute atomic E-state index is 12.8. The van der Waals surface area contributed by atoms with Gasteiger partial charge in [-0.05, 0) is 29.7 Å². The zero-order valence-corrected chi connectivity index (χ0v) is 15.2. The summed E-state index contributed by atoms with van der Waals surface area (Å²) in [5.74, 6) is -0.973. The van der Waals surface area contributed by atoms with Gasteiger partial charge in [0.15, 0.2) is 5.82 Å². The molecule has 27 heavy (non-hydrogen) atoms. The Bertz CT molecular complexity index is 986. The van der Waals surface area contributed by atoms with Crippen molar-refractivity contribution in [2.45, 2.75) is 13.0 Å². The summed E-state index contributed by atoms with van der Waals surface area (Å²) in [7, 11) is 0. The second-order valence-electron chi connectivity index (χ2n) is 5.95. The minimum absolute atomic E-state index is 0.130. The van der Waals surface area contributed by atoms with E-state index in [9.17, 15) is 14.7 Å². The molecule has 138 valence electrons. The lowest BCUT2D eigenvalue weighted by Gasteiger charge is -2.13. The highest BCUT2D eigenvalue weighted by Crippen LogP contribution is 2.20. The number of anilines is 1. The molecule has 6 nitrogen and oxygen atoms in total. The average Bonchev–Trinajstić information content (AvgIpc) is 2.66. The summed E-state index contributed by atoms with van der Waals surface area (Å²) in [6.45, 7) is 0.0618. The number of benzene rings is 2. The molecule has 0 radical (unpaired) electrons. The van der Waals surface area contributed by atoms with Crippen LogP contribution in [0.3, 0.4) is 0 Å². The fourth-order valence-corrected chi connectivity index (χ4v) is 2.85. The molecule has 0 saturated heterocycles. The quantitative estimate of drug-likeness (QED) is 0.654. The Morgan fingerprint density at radius 2 is 1.81 bits per heavy atom. The molecule has 0 aliphatic heterocycles. The van der Waals surface area contributed by atoms with Crippen LogP contribution in [0.5, 0.6) is 0 Å². The molecule has 1 heterocycles. The molecule has 0 atom stereocenters. The molecule has 3 rings (SSSR count). The number of carbonyl (C=O) groups is 1. The van der Waals surface area contributed by atoms with Crippen molar-refractivity contribution in [3.05, 3.63) is 81.7 Å². The summed E-state index contributed by atoms with van der Waals surface area (Å²) in [5, 5.41) is 12.8. The van der Waals surface area contributed by atoms with E-state index in [0.29, 0.717) is 22.8 Å². The molecule has 0 aliphatic rings. The molecule has 3 aromatic rings. The maximum Gasteiger partial charge on any atom is 0.323 e. The van der Waals surface area contributed by atoms with Gasteiger partial charge in [0.25, 0.3) is 5.56 Å². The molecule has 1 aromatic heterocycles. The predicted molar refractivity (Wildman–Crippen MR) is 105 cm³/mol. The van der Waals surface area contributed by atoms with Gasteiger partial charge in [0, 0.05) is 11.6 Å². The second kappa shape index (κ2) is 8.51. The Labute approximate surface area is 161 Å². The van der Waals surface area contributed by atoms with Gasteiger partial charge in [0.05, 0.1) is 11.9 Å². The van der Waals surface area contributed by atoms with Gasteiger partial charge in [-0.15, -0.1) is 0 Å². The molecule has 0 spiro atoms. The number of hydrogen-bond acceptors (Lipinski definition) is 4. The average molecular weight is 384 g/mol. The van der Waals surface area contributed by atoms with Crippen LogP contribution in [0.25, 0.3) is 11.3 Å². The molecule has 0 fully saturated rings. The number of hydrogen-bond donors (Lipinski definition) is 2. The van der Waals surface area contributed by atoms with Gasteiger partial charge in [-0.2, -0.15) is 0 Å². The third kappa shape index (κ3) is 4.74. The van der Waals surface area contributed by atoms with Crippen molar-refractivity contribution in [2.75, 3.05) is 11.9 Å². The molecular formula is C20H18ClN3O3. The number of aromatic nitrogens is 2. The van der Waals surface area contributed by atoms with Crippen LogP contribution >= 0.6 is 11.6 Å². The first kappa shape index (κ1) is 18.7. The van der Waals surface area contributed by atoms with Crippen LogP contribution in [0.2, 0.25) is 5.02 Å². The molecule has 0 saturated carbocycles. The summed E-state index contributed by atoms with van der Waals surface area (Å²) < 4.78 is 1.20. The van der Waals surface area contributed by atoms with Crippen molar-refractivity contribution >= 4 is 23.4 Å². The first-order valence-corrected chi connectivity index (χ1v) is 8.78. The van der Waals surface area contributed by atoms with E-state index in [1.54, 1.807) is 24.3 Å². The van der Waals surface area contributed by atoms with Gasteiger partial charge in [0.1, 0.15) is 6.54 Å². The van der Waals surface area contributed by atoms with Crippen LogP contribution in [-0.2, 0) is 17.8 Å². The largest absolute Gasteiger partial charge is 0.480 e. The Hall–Kier alpha value is -3.12. The zero-order valence-electron chi connectivity index (χ0n) is 14.4. The second-order valence-corrected chi connectivity index (χ2v) is 6.38. The number of aliphatic carboxylic acids is 1. The third-order valence-corrected chi connectivity index (χ3v) is 4.29. The first-order valence-electron chi connectivity index (χ1n) is 8.40. The summed E-state index contributed by atoms with van der Waals surface area (Å²) >= 11 is 5.90. The smallest absolute Gasteiger partial charge is 0.323 e. The summed E-state index contributed by atoms with van der Waals surface area (Å²) in [4.78, 5) is 28.2. The van der Waals surface area contributed by atoms with E-state index < -0.39 is 18.1 Å². The lowest BCUT2D eigenvalue weighted by molar-refractivity contribution is -0.137. The van der Waals surface area contributed by atoms with E-state index in [1.807, 2.05) is 30.3 Å². The summed E-state index contributed by atoms with van der Waals surface area (Å²) in [6.07, 6.45) is 2.22. The van der Waals surface area contributed by atoms with E-state index in [1.165, 1.54) is 10.8 Å². The Kier molecular flexibility index (Phi) is 5.88. The molecular weight excluding hydrogens is 366 g/mol. The number of nitrogens with one attached hydrogen (secondary N) is 1. The van der Waals surface area contributed by atoms with Crippen LogP contribution in [0.15, 0.2) is 65.6 Å². The Balaban J connectivity index is 1.86. The fraction of sp³-hybridized carbons (Fsp3) is 0.150. The van der Waals surface area contributed by atoms with Crippen LogP contribution in [0.4, 0.5) is 5.82 Å². The van der Waals surface area contributed by atoms with Gasteiger partial charge in [0.2, 0.25) is 0 Å². The fourth-order valence-electron chi connectivity index (χ4n) is 2.72. The number of carboxylic acid groups (broad SMARTS) is 1. The van der Waals surface area contributed by atoms with Crippen LogP contribution in [0.1, 0.15) is 5.56 Å². The summed E-state index contributed by atoms with van der Waals surface area (Å²) in [5.41, 5.74) is 1.75. The Morgan fingerprint density at radius 3 is 2.48 bits per heavy atom. The minimum Gasteiger partial charge on any atom is -0.480 e. The lowest BCUT2D eigenvalue weighted by Crippen LogP contribution is -2.29. The van der Waals surface area contributed by atoms with Crippen LogP contribution in [-0.4, -0.2) is 27.2 Å². The van der Waals surface area contributed by atoms with Crippen LogP contribution < -0.4 is 10.9 Å². The molecule has 0 aliphatic carbocycles. The summed E-state index contributed by atoms with van der Waals surface area (Å²) in [6, 6.07) is 16.7. The first-order chi connectivity index (χ1) is 13.0. The Morgan fingerprint density at radius 1 is 1.11 bits per heavy atom. The molecule has 0 amide bonds. The number of rotatable bonds is 7. The minimum atomic E-state index is -1.10.